The highest BCUT2D eigenvalue weighted by atomic mass is 16.5. The van der Waals surface area contributed by atoms with Crippen LogP contribution < -0.4 is 4.74 Å². The Labute approximate surface area is 146 Å². The summed E-state index contributed by atoms with van der Waals surface area (Å²) in [5, 5.41) is 20.4. The Bertz CT molecular complexity index is 960. The van der Waals surface area contributed by atoms with E-state index in [1.807, 2.05) is 37.3 Å². The van der Waals surface area contributed by atoms with E-state index >= 15 is 0 Å². The lowest BCUT2D eigenvalue weighted by Gasteiger charge is -2.30. The van der Waals surface area contributed by atoms with Gasteiger partial charge in [-0.3, -0.25) is 0 Å². The van der Waals surface area contributed by atoms with Gasteiger partial charge in [0.05, 0.1) is 23.4 Å². The Morgan fingerprint density at radius 2 is 1.96 bits per heavy atom. The van der Waals surface area contributed by atoms with Crippen molar-refractivity contribution in [3.63, 3.8) is 0 Å². The molecule has 0 unspecified atom stereocenters. The van der Waals surface area contributed by atoms with E-state index in [4.69, 9.17) is 4.74 Å². The van der Waals surface area contributed by atoms with E-state index in [9.17, 15) is 10.4 Å². The number of aromatic nitrogens is 1. The highest BCUT2D eigenvalue weighted by molar-refractivity contribution is 5.95. The molecule has 1 fully saturated rings. The van der Waals surface area contributed by atoms with Crippen molar-refractivity contribution in [3.05, 3.63) is 48.0 Å². The number of phenols is 1. The van der Waals surface area contributed by atoms with Crippen molar-refractivity contribution in [3.8, 4) is 28.8 Å². The first kappa shape index (κ1) is 15.6. The number of hydrogen-bond acceptors (Lipinski definition) is 3. The molecule has 4 nitrogen and oxygen atoms in total. The molecule has 25 heavy (non-hydrogen) atoms. The molecule has 126 valence electrons. The van der Waals surface area contributed by atoms with Gasteiger partial charge in [-0.15, -0.1) is 0 Å². The Balaban J connectivity index is 2.02. The highest BCUT2D eigenvalue weighted by Gasteiger charge is 2.27. The van der Waals surface area contributed by atoms with Crippen LogP contribution in [0.1, 0.15) is 37.8 Å². The fourth-order valence-electron chi connectivity index (χ4n) is 3.59. The smallest absolute Gasteiger partial charge is 0.121 e. The average Bonchev–Trinajstić information content (AvgIpc) is 2.88. The number of benzene rings is 2. The second-order valence-electron chi connectivity index (χ2n) is 6.45. The van der Waals surface area contributed by atoms with Crippen LogP contribution in [-0.2, 0) is 0 Å². The van der Waals surface area contributed by atoms with Gasteiger partial charge in [-0.05, 0) is 68.1 Å². The third-order valence-electron chi connectivity index (χ3n) is 4.98. The summed E-state index contributed by atoms with van der Waals surface area (Å²) in [7, 11) is 0. The summed E-state index contributed by atoms with van der Waals surface area (Å²) in [6.45, 7) is 2.59. The van der Waals surface area contributed by atoms with Crippen LogP contribution in [0.15, 0.2) is 42.5 Å². The summed E-state index contributed by atoms with van der Waals surface area (Å²) in [6.07, 6.45) is 3.46. The third kappa shape index (κ3) is 2.53. The summed E-state index contributed by atoms with van der Waals surface area (Å²) in [5.74, 6) is 1.06. The second kappa shape index (κ2) is 6.18. The third-order valence-corrected chi connectivity index (χ3v) is 4.98. The average molecular weight is 332 g/mol. The minimum absolute atomic E-state index is 0.229. The molecule has 2 aromatic carbocycles. The molecule has 4 rings (SSSR count). The first-order valence-corrected chi connectivity index (χ1v) is 8.73. The summed E-state index contributed by atoms with van der Waals surface area (Å²) >= 11 is 0. The molecule has 1 aliphatic carbocycles. The molecule has 3 aromatic rings. The lowest BCUT2D eigenvalue weighted by molar-refractivity contribution is 0.322. The van der Waals surface area contributed by atoms with Crippen LogP contribution in [-0.4, -0.2) is 16.3 Å². The van der Waals surface area contributed by atoms with Gasteiger partial charge < -0.3 is 14.4 Å². The second-order valence-corrected chi connectivity index (χ2v) is 6.45. The van der Waals surface area contributed by atoms with Crippen molar-refractivity contribution >= 4 is 10.9 Å². The quantitative estimate of drug-likeness (QED) is 0.730. The minimum atomic E-state index is 0.229. The Morgan fingerprint density at radius 1 is 1.20 bits per heavy atom. The lowest BCUT2D eigenvalue weighted by atomic mass is 9.92. The molecule has 0 aliphatic heterocycles. The summed E-state index contributed by atoms with van der Waals surface area (Å²) < 4.78 is 7.97. The molecule has 0 bridgehead atoms. The van der Waals surface area contributed by atoms with E-state index in [2.05, 4.69) is 10.6 Å². The normalized spacial score (nSPS) is 14.2. The number of rotatable bonds is 4. The lowest BCUT2D eigenvalue weighted by Crippen LogP contribution is -2.17. The van der Waals surface area contributed by atoms with Crippen molar-refractivity contribution in [2.45, 2.75) is 32.2 Å². The molecule has 1 saturated carbocycles. The number of ether oxygens (including phenoxy) is 1. The van der Waals surface area contributed by atoms with E-state index in [0.29, 0.717) is 18.2 Å². The van der Waals surface area contributed by atoms with Crippen molar-refractivity contribution in [2.75, 3.05) is 6.61 Å². The van der Waals surface area contributed by atoms with E-state index < -0.39 is 0 Å². The zero-order valence-electron chi connectivity index (χ0n) is 14.2. The largest absolute Gasteiger partial charge is 0.508 e. The number of nitriles is 1. The topological polar surface area (TPSA) is 58.2 Å². The van der Waals surface area contributed by atoms with Gasteiger partial charge in [0.2, 0.25) is 0 Å². The molecule has 0 spiro atoms. The molecule has 4 heteroatoms. The highest BCUT2D eigenvalue weighted by Crippen LogP contribution is 2.43. The molecule has 0 radical (unpaired) electrons. The SMILES string of the molecule is CCOc1ccc2c(C#N)c(-c3ccc(O)cc3)n(C3CCC3)c2c1. The van der Waals surface area contributed by atoms with Crippen LogP contribution in [0.3, 0.4) is 0 Å². The van der Waals surface area contributed by atoms with Crippen LogP contribution in [0.25, 0.3) is 22.2 Å². The molecule has 0 saturated heterocycles. The number of phenolic OH excluding ortho intramolecular Hbond substituents is 1. The van der Waals surface area contributed by atoms with Crippen LogP contribution in [0.4, 0.5) is 0 Å². The number of fused-ring (bicyclic) bond motifs is 1. The van der Waals surface area contributed by atoms with Gasteiger partial charge in [0.1, 0.15) is 17.6 Å². The predicted octanol–water partition coefficient (Wildman–Crippen LogP) is 5.01. The molecule has 1 N–H and O–H groups in total. The molecular weight excluding hydrogens is 312 g/mol. The molecule has 1 aliphatic rings. The van der Waals surface area contributed by atoms with Gasteiger partial charge in [0.15, 0.2) is 0 Å². The fraction of sp³-hybridized carbons (Fsp3) is 0.286. The van der Waals surface area contributed by atoms with Gasteiger partial charge in [0, 0.05) is 17.5 Å². The zero-order valence-corrected chi connectivity index (χ0v) is 14.2. The van der Waals surface area contributed by atoms with Crippen molar-refractivity contribution in [1.82, 2.24) is 4.57 Å². The molecule has 0 atom stereocenters. The predicted molar refractivity (Wildman–Crippen MR) is 97.8 cm³/mol. The first-order valence-electron chi connectivity index (χ1n) is 8.73. The van der Waals surface area contributed by atoms with Crippen molar-refractivity contribution < 1.29 is 9.84 Å². The summed E-state index contributed by atoms with van der Waals surface area (Å²) in [6, 6.07) is 15.9. The summed E-state index contributed by atoms with van der Waals surface area (Å²) in [5.41, 5.74) is 3.64. The Morgan fingerprint density at radius 3 is 2.56 bits per heavy atom. The standard InChI is InChI=1S/C21H20N2O2/c1-2-25-17-10-11-18-19(13-22)21(14-6-8-16(24)9-7-14)23(20(18)12-17)15-4-3-5-15/h6-12,15,24H,2-5H2,1H3. The maximum absolute atomic E-state index is 9.85. The Kier molecular flexibility index (Phi) is 3.85. The van der Waals surface area contributed by atoms with Crippen LogP contribution in [0, 0.1) is 11.3 Å². The zero-order chi connectivity index (χ0) is 17.4. The summed E-state index contributed by atoms with van der Waals surface area (Å²) in [4.78, 5) is 0. The number of aromatic hydroxyl groups is 1. The number of nitrogens with zero attached hydrogens (tertiary/aromatic N) is 2. The number of hydrogen-bond donors (Lipinski definition) is 1. The fourth-order valence-corrected chi connectivity index (χ4v) is 3.59. The molecule has 1 heterocycles. The molecule has 0 amide bonds. The van der Waals surface area contributed by atoms with E-state index in [1.165, 1.54) is 6.42 Å². The maximum atomic E-state index is 9.85. The van der Waals surface area contributed by atoms with E-state index in [-0.39, 0.29) is 5.75 Å². The van der Waals surface area contributed by atoms with Gasteiger partial charge in [-0.1, -0.05) is 0 Å². The Hall–Kier alpha value is -2.93. The molecule has 1 aromatic heterocycles. The molecular formula is C21H20N2O2. The monoisotopic (exact) mass is 332 g/mol. The van der Waals surface area contributed by atoms with E-state index in [1.54, 1.807) is 12.1 Å². The van der Waals surface area contributed by atoms with Gasteiger partial charge in [0.25, 0.3) is 0 Å². The van der Waals surface area contributed by atoms with Crippen molar-refractivity contribution in [1.29, 1.82) is 5.26 Å². The van der Waals surface area contributed by atoms with Gasteiger partial charge >= 0.3 is 0 Å². The minimum Gasteiger partial charge on any atom is -0.508 e. The van der Waals surface area contributed by atoms with Crippen LogP contribution >= 0.6 is 0 Å². The van der Waals surface area contributed by atoms with Crippen molar-refractivity contribution in [2.24, 2.45) is 0 Å². The maximum Gasteiger partial charge on any atom is 0.121 e. The van der Waals surface area contributed by atoms with E-state index in [0.717, 1.165) is 40.8 Å². The van der Waals surface area contributed by atoms with Crippen LogP contribution in [0.2, 0.25) is 0 Å². The van der Waals surface area contributed by atoms with Crippen LogP contribution in [0.5, 0.6) is 11.5 Å². The van der Waals surface area contributed by atoms with Gasteiger partial charge in [-0.2, -0.15) is 5.26 Å². The first-order chi connectivity index (χ1) is 12.2. The van der Waals surface area contributed by atoms with Gasteiger partial charge in [-0.25, -0.2) is 0 Å².